The summed E-state index contributed by atoms with van der Waals surface area (Å²) < 4.78 is 51.4. The second-order valence-corrected chi connectivity index (χ2v) is 7.98. The van der Waals surface area contributed by atoms with Crippen molar-refractivity contribution < 1.29 is 22.3 Å². The fourth-order valence-corrected chi connectivity index (χ4v) is 3.83. The van der Waals surface area contributed by atoms with Gasteiger partial charge in [-0.3, -0.25) is 0 Å². The molecule has 9 nitrogen and oxygen atoms in total. The minimum absolute atomic E-state index is 0.0213. The standard InChI is InChI=1S/C18H24FN5O4S/c1-2-28-16-4-3-14(11-15(16)19)29(25,26)23-6-5-20-17-12-18(22-13-21-17)24-7-9-27-10-8-24/h3-4,11-13,23H,2,5-10H2,1H3,(H,20,21,22). The lowest BCUT2D eigenvalue weighted by atomic mass is 10.3. The van der Waals surface area contributed by atoms with Crippen molar-refractivity contribution in [1.29, 1.82) is 0 Å². The van der Waals surface area contributed by atoms with Crippen molar-refractivity contribution in [3.63, 3.8) is 0 Å². The zero-order valence-corrected chi connectivity index (χ0v) is 16.9. The maximum Gasteiger partial charge on any atom is 0.240 e. The van der Waals surface area contributed by atoms with Crippen LogP contribution in [0, 0.1) is 5.82 Å². The third-order valence-electron chi connectivity index (χ3n) is 4.22. The molecule has 1 aliphatic heterocycles. The molecule has 0 amide bonds. The molecule has 0 aliphatic carbocycles. The monoisotopic (exact) mass is 425 g/mol. The Morgan fingerprint density at radius 2 is 2.00 bits per heavy atom. The van der Waals surface area contributed by atoms with Gasteiger partial charge in [-0.2, -0.15) is 0 Å². The number of rotatable bonds is 9. The lowest BCUT2D eigenvalue weighted by molar-refractivity contribution is 0.122. The molecule has 0 radical (unpaired) electrons. The largest absolute Gasteiger partial charge is 0.491 e. The van der Waals surface area contributed by atoms with Crippen LogP contribution in [0.1, 0.15) is 6.92 Å². The Morgan fingerprint density at radius 3 is 2.72 bits per heavy atom. The molecule has 1 aromatic heterocycles. The maximum atomic E-state index is 13.9. The van der Waals surface area contributed by atoms with Gasteiger partial charge in [-0.25, -0.2) is 27.5 Å². The molecule has 0 unspecified atom stereocenters. The van der Waals surface area contributed by atoms with Crippen molar-refractivity contribution in [3.05, 3.63) is 36.4 Å². The summed E-state index contributed by atoms with van der Waals surface area (Å²) in [6.07, 6.45) is 1.46. The van der Waals surface area contributed by atoms with E-state index in [9.17, 15) is 12.8 Å². The van der Waals surface area contributed by atoms with Gasteiger partial charge >= 0.3 is 0 Å². The van der Waals surface area contributed by atoms with Crippen LogP contribution in [0.5, 0.6) is 5.75 Å². The van der Waals surface area contributed by atoms with Crippen LogP contribution in [-0.2, 0) is 14.8 Å². The summed E-state index contributed by atoms with van der Waals surface area (Å²) in [5.41, 5.74) is 0. The van der Waals surface area contributed by atoms with Crippen LogP contribution in [0.15, 0.2) is 35.5 Å². The molecular formula is C18H24FN5O4S. The van der Waals surface area contributed by atoms with Gasteiger partial charge in [0.1, 0.15) is 18.0 Å². The lowest BCUT2D eigenvalue weighted by Crippen LogP contribution is -2.36. The zero-order chi connectivity index (χ0) is 20.7. The van der Waals surface area contributed by atoms with E-state index >= 15 is 0 Å². The van der Waals surface area contributed by atoms with Crippen LogP contribution in [0.25, 0.3) is 0 Å². The van der Waals surface area contributed by atoms with Gasteiger partial charge in [0, 0.05) is 32.2 Å². The first kappa shape index (κ1) is 21.2. The molecule has 2 N–H and O–H groups in total. The van der Waals surface area contributed by atoms with Crippen molar-refractivity contribution >= 4 is 21.7 Å². The number of sulfonamides is 1. The highest BCUT2D eigenvalue weighted by Crippen LogP contribution is 2.21. The summed E-state index contributed by atoms with van der Waals surface area (Å²) in [6, 6.07) is 5.37. The van der Waals surface area contributed by atoms with E-state index in [1.807, 2.05) is 6.07 Å². The molecule has 1 aliphatic rings. The van der Waals surface area contributed by atoms with E-state index in [4.69, 9.17) is 9.47 Å². The number of nitrogens with one attached hydrogen (secondary N) is 2. The number of anilines is 2. The number of benzene rings is 1. The highest BCUT2D eigenvalue weighted by atomic mass is 32.2. The third kappa shape index (κ3) is 5.75. The van der Waals surface area contributed by atoms with Gasteiger partial charge in [-0.05, 0) is 25.1 Å². The SMILES string of the molecule is CCOc1ccc(S(=O)(=O)NCCNc2cc(N3CCOCC3)ncn2)cc1F. The molecule has 1 saturated heterocycles. The van der Waals surface area contributed by atoms with Crippen LogP contribution in [0.4, 0.5) is 16.0 Å². The number of halogens is 1. The van der Waals surface area contributed by atoms with Crippen molar-refractivity contribution in [1.82, 2.24) is 14.7 Å². The Kier molecular flexibility index (Phi) is 7.18. The Morgan fingerprint density at radius 1 is 1.21 bits per heavy atom. The Hall–Kier alpha value is -2.50. The smallest absolute Gasteiger partial charge is 0.240 e. The quantitative estimate of drug-likeness (QED) is 0.578. The predicted octanol–water partition coefficient (Wildman–Crippen LogP) is 1.24. The van der Waals surface area contributed by atoms with Gasteiger partial charge < -0.3 is 19.7 Å². The van der Waals surface area contributed by atoms with Gasteiger partial charge in [0.2, 0.25) is 10.0 Å². The molecule has 0 saturated carbocycles. The Labute approximate surface area is 169 Å². The summed E-state index contributed by atoms with van der Waals surface area (Å²) >= 11 is 0. The zero-order valence-electron chi connectivity index (χ0n) is 16.1. The first-order valence-corrected chi connectivity index (χ1v) is 10.8. The summed E-state index contributed by atoms with van der Waals surface area (Å²) in [5, 5.41) is 3.06. The van der Waals surface area contributed by atoms with Crippen LogP contribution in [0.3, 0.4) is 0 Å². The van der Waals surface area contributed by atoms with Gasteiger partial charge in [0.05, 0.1) is 24.7 Å². The molecule has 158 valence electrons. The number of hydrogen-bond acceptors (Lipinski definition) is 8. The molecule has 1 aromatic carbocycles. The van der Waals surface area contributed by atoms with E-state index in [1.165, 1.54) is 18.5 Å². The van der Waals surface area contributed by atoms with Crippen molar-refractivity contribution in [2.24, 2.45) is 0 Å². The van der Waals surface area contributed by atoms with Gasteiger partial charge in [-0.15, -0.1) is 0 Å². The Balaban J connectivity index is 1.52. The van der Waals surface area contributed by atoms with E-state index in [0.717, 1.165) is 25.0 Å². The lowest BCUT2D eigenvalue weighted by Gasteiger charge is -2.27. The predicted molar refractivity (Wildman–Crippen MR) is 106 cm³/mol. The van der Waals surface area contributed by atoms with E-state index < -0.39 is 15.8 Å². The normalized spacial score (nSPS) is 14.6. The minimum atomic E-state index is -3.83. The molecular weight excluding hydrogens is 401 g/mol. The average Bonchev–Trinajstić information content (AvgIpc) is 2.74. The molecule has 0 spiro atoms. The van der Waals surface area contributed by atoms with E-state index in [1.54, 1.807) is 6.92 Å². The van der Waals surface area contributed by atoms with Gasteiger partial charge in [0.25, 0.3) is 0 Å². The van der Waals surface area contributed by atoms with Crippen molar-refractivity contribution in [3.8, 4) is 5.75 Å². The number of ether oxygens (including phenoxy) is 2. The number of aromatic nitrogens is 2. The molecule has 11 heteroatoms. The van der Waals surface area contributed by atoms with E-state index in [-0.39, 0.29) is 17.2 Å². The summed E-state index contributed by atoms with van der Waals surface area (Å²) in [4.78, 5) is 10.3. The topological polar surface area (TPSA) is 106 Å². The highest BCUT2D eigenvalue weighted by Gasteiger charge is 2.17. The molecule has 2 aromatic rings. The summed E-state index contributed by atoms with van der Waals surface area (Å²) in [5.74, 6) is 0.682. The van der Waals surface area contributed by atoms with Crippen LogP contribution >= 0.6 is 0 Å². The molecule has 0 atom stereocenters. The second kappa shape index (κ2) is 9.81. The number of hydrogen-bond donors (Lipinski definition) is 2. The first-order valence-electron chi connectivity index (χ1n) is 9.30. The maximum absolute atomic E-state index is 13.9. The van der Waals surface area contributed by atoms with Crippen LogP contribution in [0.2, 0.25) is 0 Å². The van der Waals surface area contributed by atoms with Crippen molar-refractivity contribution in [2.45, 2.75) is 11.8 Å². The summed E-state index contributed by atoms with van der Waals surface area (Å²) in [7, 11) is -3.83. The van der Waals surface area contributed by atoms with Crippen LogP contribution in [-0.4, -0.2) is 64.4 Å². The summed E-state index contributed by atoms with van der Waals surface area (Å²) in [6.45, 7) is 5.25. The molecule has 29 heavy (non-hydrogen) atoms. The fourth-order valence-electron chi connectivity index (χ4n) is 2.79. The van der Waals surface area contributed by atoms with Gasteiger partial charge in [-0.1, -0.05) is 0 Å². The molecule has 3 rings (SSSR count). The average molecular weight is 425 g/mol. The molecule has 2 heterocycles. The number of morpholine rings is 1. The fraction of sp³-hybridized carbons (Fsp3) is 0.444. The van der Waals surface area contributed by atoms with Crippen molar-refractivity contribution in [2.75, 3.05) is 56.2 Å². The highest BCUT2D eigenvalue weighted by molar-refractivity contribution is 7.89. The Bertz CT molecular complexity index is 922. The minimum Gasteiger partial charge on any atom is -0.491 e. The molecule has 0 bridgehead atoms. The van der Waals surface area contributed by atoms with E-state index in [2.05, 4.69) is 24.9 Å². The third-order valence-corrected chi connectivity index (χ3v) is 5.68. The number of nitrogens with zero attached hydrogens (tertiary/aromatic N) is 3. The second-order valence-electron chi connectivity index (χ2n) is 6.21. The van der Waals surface area contributed by atoms with Crippen LogP contribution < -0.4 is 19.7 Å². The first-order chi connectivity index (χ1) is 14.0. The molecule has 1 fully saturated rings. The van der Waals surface area contributed by atoms with E-state index in [0.29, 0.717) is 32.2 Å². The van der Waals surface area contributed by atoms with Gasteiger partial charge in [0.15, 0.2) is 11.6 Å².